The average molecular weight is 370 g/mol. The predicted molar refractivity (Wildman–Crippen MR) is 87.3 cm³/mol. The molecule has 0 amide bonds. The fraction of sp³-hybridized carbons (Fsp3) is 0.200. The van der Waals surface area contributed by atoms with Gasteiger partial charge in [-0.2, -0.15) is 0 Å². The molecule has 0 saturated heterocycles. The maximum Gasteiger partial charge on any atom is 0.183 e. The second kappa shape index (κ2) is 6.49. The molecule has 2 N–H and O–H groups in total. The summed E-state index contributed by atoms with van der Waals surface area (Å²) in [4.78, 5) is 0.168. The van der Waals surface area contributed by atoms with Crippen molar-refractivity contribution in [2.45, 2.75) is 11.8 Å². The van der Waals surface area contributed by atoms with Gasteiger partial charge in [-0.25, -0.2) is 8.42 Å². The van der Waals surface area contributed by atoms with Gasteiger partial charge in [0.05, 0.1) is 16.3 Å². The SMILES string of the molecule is Cc1ccc(N)c(S(=O)(=O)CCOc2ccc(Br)cc2)c1. The van der Waals surface area contributed by atoms with Crippen molar-refractivity contribution in [3.05, 3.63) is 52.5 Å². The van der Waals surface area contributed by atoms with Gasteiger partial charge in [0.15, 0.2) is 9.84 Å². The van der Waals surface area contributed by atoms with Crippen LogP contribution in [-0.2, 0) is 9.84 Å². The van der Waals surface area contributed by atoms with Crippen molar-refractivity contribution in [2.75, 3.05) is 18.1 Å². The summed E-state index contributed by atoms with van der Waals surface area (Å²) in [5.74, 6) is 0.516. The molecule has 4 nitrogen and oxygen atoms in total. The standard InChI is InChI=1S/C15H16BrNO3S/c1-11-2-7-14(17)15(10-11)21(18,19)9-8-20-13-5-3-12(16)4-6-13/h2-7,10H,8-9,17H2,1H3. The van der Waals surface area contributed by atoms with Crippen LogP contribution in [0, 0.1) is 6.92 Å². The first-order valence-corrected chi connectivity index (χ1v) is 8.80. The lowest BCUT2D eigenvalue weighted by molar-refractivity contribution is 0.341. The van der Waals surface area contributed by atoms with Crippen LogP contribution in [0.3, 0.4) is 0 Å². The molecule has 2 aromatic carbocycles. The van der Waals surface area contributed by atoms with Gasteiger partial charge in [0.25, 0.3) is 0 Å². The van der Waals surface area contributed by atoms with E-state index in [2.05, 4.69) is 15.9 Å². The highest BCUT2D eigenvalue weighted by atomic mass is 79.9. The van der Waals surface area contributed by atoms with Gasteiger partial charge in [0.1, 0.15) is 12.4 Å². The summed E-state index contributed by atoms with van der Waals surface area (Å²) in [6, 6.07) is 12.2. The molecular weight excluding hydrogens is 354 g/mol. The summed E-state index contributed by atoms with van der Waals surface area (Å²) in [5.41, 5.74) is 6.88. The van der Waals surface area contributed by atoms with Gasteiger partial charge in [-0.3, -0.25) is 0 Å². The lowest BCUT2D eigenvalue weighted by atomic mass is 10.2. The highest BCUT2D eigenvalue weighted by Crippen LogP contribution is 2.21. The van der Waals surface area contributed by atoms with Crippen LogP contribution in [0.4, 0.5) is 5.69 Å². The Balaban J connectivity index is 2.04. The van der Waals surface area contributed by atoms with E-state index in [1.165, 1.54) is 0 Å². The van der Waals surface area contributed by atoms with E-state index < -0.39 is 9.84 Å². The van der Waals surface area contributed by atoms with E-state index in [4.69, 9.17) is 10.5 Å². The van der Waals surface area contributed by atoms with Crippen molar-refractivity contribution < 1.29 is 13.2 Å². The molecule has 2 aromatic rings. The van der Waals surface area contributed by atoms with Crippen molar-refractivity contribution in [2.24, 2.45) is 0 Å². The van der Waals surface area contributed by atoms with Crippen molar-refractivity contribution in [3.63, 3.8) is 0 Å². The fourth-order valence-electron chi connectivity index (χ4n) is 1.82. The minimum absolute atomic E-state index is 0.0807. The maximum atomic E-state index is 12.3. The number of nitrogens with two attached hydrogens (primary N) is 1. The quantitative estimate of drug-likeness (QED) is 0.821. The number of benzene rings is 2. The first-order chi connectivity index (χ1) is 9.88. The maximum absolute atomic E-state index is 12.3. The zero-order chi connectivity index (χ0) is 15.5. The zero-order valence-corrected chi connectivity index (χ0v) is 13.9. The number of anilines is 1. The van der Waals surface area contributed by atoms with Crippen molar-refractivity contribution in [1.82, 2.24) is 0 Å². The van der Waals surface area contributed by atoms with Gasteiger partial charge in [-0.15, -0.1) is 0 Å². The Morgan fingerprint density at radius 3 is 2.48 bits per heavy atom. The molecule has 21 heavy (non-hydrogen) atoms. The lowest BCUT2D eigenvalue weighted by Gasteiger charge is -2.10. The van der Waals surface area contributed by atoms with Gasteiger partial charge in [0, 0.05) is 4.47 Å². The monoisotopic (exact) mass is 369 g/mol. The van der Waals surface area contributed by atoms with Crippen LogP contribution in [0.1, 0.15) is 5.56 Å². The van der Waals surface area contributed by atoms with E-state index in [0.29, 0.717) is 5.75 Å². The number of hydrogen-bond acceptors (Lipinski definition) is 4. The van der Waals surface area contributed by atoms with Gasteiger partial charge in [-0.05, 0) is 48.9 Å². The van der Waals surface area contributed by atoms with Crippen LogP contribution in [0.2, 0.25) is 0 Å². The Morgan fingerprint density at radius 1 is 1.14 bits per heavy atom. The van der Waals surface area contributed by atoms with Crippen LogP contribution in [0.25, 0.3) is 0 Å². The van der Waals surface area contributed by atoms with Crippen LogP contribution in [0.5, 0.6) is 5.75 Å². The minimum atomic E-state index is -3.45. The van der Waals surface area contributed by atoms with Crippen LogP contribution >= 0.6 is 15.9 Å². The lowest BCUT2D eigenvalue weighted by Crippen LogP contribution is -2.15. The molecule has 0 heterocycles. The molecule has 0 fully saturated rings. The third kappa shape index (κ3) is 4.22. The zero-order valence-electron chi connectivity index (χ0n) is 11.5. The predicted octanol–water partition coefficient (Wildman–Crippen LogP) is 3.19. The Kier molecular flexibility index (Phi) is 4.90. The Labute approximate surface area is 133 Å². The van der Waals surface area contributed by atoms with Crippen LogP contribution in [-0.4, -0.2) is 20.8 Å². The molecule has 0 unspecified atom stereocenters. The Bertz CT molecular complexity index is 727. The average Bonchev–Trinajstić information content (AvgIpc) is 2.43. The molecule has 112 valence electrons. The first-order valence-electron chi connectivity index (χ1n) is 6.36. The van der Waals surface area contributed by atoms with Crippen molar-refractivity contribution in [1.29, 1.82) is 0 Å². The van der Waals surface area contributed by atoms with Crippen LogP contribution in [0.15, 0.2) is 51.8 Å². The van der Waals surface area contributed by atoms with E-state index >= 15 is 0 Å². The number of ether oxygens (including phenoxy) is 1. The molecule has 0 spiro atoms. The Hall–Kier alpha value is -1.53. The molecule has 2 rings (SSSR count). The van der Waals surface area contributed by atoms with E-state index in [1.807, 2.05) is 19.1 Å². The molecule has 0 atom stereocenters. The topological polar surface area (TPSA) is 69.4 Å². The first kappa shape index (κ1) is 15.9. The van der Waals surface area contributed by atoms with E-state index in [-0.39, 0.29) is 22.9 Å². The highest BCUT2D eigenvalue weighted by Gasteiger charge is 2.18. The van der Waals surface area contributed by atoms with Gasteiger partial charge in [0.2, 0.25) is 0 Å². The molecule has 0 aliphatic carbocycles. The normalized spacial score (nSPS) is 11.3. The van der Waals surface area contributed by atoms with Gasteiger partial charge >= 0.3 is 0 Å². The summed E-state index contributed by atoms with van der Waals surface area (Å²) in [6.07, 6.45) is 0. The third-order valence-corrected chi connectivity index (χ3v) is 5.20. The number of sulfone groups is 1. The van der Waals surface area contributed by atoms with Gasteiger partial charge < -0.3 is 10.5 Å². The minimum Gasteiger partial charge on any atom is -0.493 e. The molecule has 0 radical (unpaired) electrons. The number of aryl methyl sites for hydroxylation is 1. The van der Waals surface area contributed by atoms with Crippen LogP contribution < -0.4 is 10.5 Å². The molecular formula is C15H16BrNO3S. The van der Waals surface area contributed by atoms with Gasteiger partial charge in [-0.1, -0.05) is 22.0 Å². The number of halogens is 1. The second-order valence-corrected chi connectivity index (χ2v) is 7.66. The second-order valence-electron chi connectivity index (χ2n) is 4.66. The molecule has 0 saturated carbocycles. The molecule has 0 aliphatic heterocycles. The summed E-state index contributed by atoms with van der Waals surface area (Å²) < 4.78 is 31.0. The van der Waals surface area contributed by atoms with Crippen molar-refractivity contribution >= 4 is 31.5 Å². The van der Waals surface area contributed by atoms with E-state index in [1.54, 1.807) is 30.3 Å². The highest BCUT2D eigenvalue weighted by molar-refractivity contribution is 9.10. The summed E-state index contributed by atoms with van der Waals surface area (Å²) in [6.45, 7) is 1.91. The smallest absolute Gasteiger partial charge is 0.183 e. The van der Waals surface area contributed by atoms with E-state index in [0.717, 1.165) is 10.0 Å². The number of hydrogen-bond donors (Lipinski definition) is 1. The summed E-state index contributed by atoms with van der Waals surface area (Å²) in [7, 11) is -3.45. The largest absolute Gasteiger partial charge is 0.493 e. The summed E-state index contributed by atoms with van der Waals surface area (Å²) >= 11 is 3.33. The molecule has 0 aromatic heterocycles. The third-order valence-electron chi connectivity index (χ3n) is 2.94. The van der Waals surface area contributed by atoms with E-state index in [9.17, 15) is 8.42 Å². The molecule has 0 aliphatic rings. The summed E-state index contributed by atoms with van der Waals surface area (Å²) in [5, 5.41) is 0. The van der Waals surface area contributed by atoms with Crippen molar-refractivity contribution in [3.8, 4) is 5.75 Å². The Morgan fingerprint density at radius 2 is 1.81 bits per heavy atom. The number of rotatable bonds is 5. The molecule has 6 heteroatoms. The number of nitrogen functional groups attached to an aromatic ring is 1. The fourth-order valence-corrected chi connectivity index (χ4v) is 3.40. The molecule has 0 bridgehead atoms.